The molecule has 2 unspecified atom stereocenters. The lowest BCUT2D eigenvalue weighted by molar-refractivity contribution is -0.310. The van der Waals surface area contributed by atoms with E-state index < -0.39 is 0 Å². The molecule has 11 heavy (non-hydrogen) atoms. The van der Waals surface area contributed by atoms with Gasteiger partial charge in [0.2, 0.25) is 0 Å². The molecule has 1 heteroatoms. The third-order valence-corrected chi connectivity index (χ3v) is 3.48. The minimum absolute atomic E-state index is 0.266. The van der Waals surface area contributed by atoms with Gasteiger partial charge in [-0.2, -0.15) is 0 Å². The summed E-state index contributed by atoms with van der Waals surface area (Å²) in [5.74, 6) is 0.705. The molecular weight excluding hydrogens is 136 g/mol. The first kappa shape index (κ1) is 7.60. The van der Waals surface area contributed by atoms with Crippen LogP contribution < -0.4 is 0 Å². The molecule has 1 saturated carbocycles. The van der Waals surface area contributed by atoms with E-state index in [2.05, 4.69) is 20.8 Å². The van der Waals surface area contributed by atoms with Crippen molar-refractivity contribution in [1.29, 1.82) is 0 Å². The van der Waals surface area contributed by atoms with Gasteiger partial charge in [0.05, 0.1) is 11.2 Å². The number of hydrogen-bond acceptors (Lipinski definition) is 1. The fourth-order valence-corrected chi connectivity index (χ4v) is 2.77. The van der Waals surface area contributed by atoms with Crippen molar-refractivity contribution in [3.8, 4) is 0 Å². The summed E-state index contributed by atoms with van der Waals surface area (Å²) in [5, 5.41) is 0. The standard InChI is InChI=1S/C10H18O/c1-8(2)10-6-4-5-9(3,7-10)11-10/h8H,4-7H2,1-3H3. The Kier molecular flexibility index (Phi) is 1.39. The SMILES string of the molecule is CC(C)C12CCCC(C)(C1)O2. The second kappa shape index (κ2) is 2.01. The minimum Gasteiger partial charge on any atom is -0.368 e. The monoisotopic (exact) mass is 154 g/mol. The smallest absolute Gasteiger partial charge is 0.0740 e. The van der Waals surface area contributed by atoms with Gasteiger partial charge in [0.25, 0.3) is 0 Å². The van der Waals surface area contributed by atoms with Gasteiger partial charge in [0.15, 0.2) is 0 Å². The predicted molar refractivity (Wildman–Crippen MR) is 45.5 cm³/mol. The van der Waals surface area contributed by atoms with Crippen molar-refractivity contribution in [3.05, 3.63) is 0 Å². The summed E-state index contributed by atoms with van der Waals surface area (Å²) in [6.45, 7) is 6.82. The highest BCUT2D eigenvalue weighted by atomic mass is 16.6. The Hall–Kier alpha value is -0.0400. The Bertz CT molecular complexity index is 166. The summed E-state index contributed by atoms with van der Waals surface area (Å²) in [4.78, 5) is 0. The molecule has 2 heterocycles. The molecule has 0 aromatic heterocycles. The van der Waals surface area contributed by atoms with Crippen molar-refractivity contribution in [2.75, 3.05) is 0 Å². The van der Waals surface area contributed by atoms with Gasteiger partial charge in [-0.1, -0.05) is 13.8 Å². The second-order valence-electron chi connectivity index (χ2n) is 4.80. The maximum Gasteiger partial charge on any atom is 0.0740 e. The molecule has 2 bridgehead atoms. The molecule has 0 N–H and O–H groups in total. The topological polar surface area (TPSA) is 9.23 Å². The van der Waals surface area contributed by atoms with Gasteiger partial charge in [0.1, 0.15) is 0 Å². The molecule has 2 aliphatic heterocycles. The lowest BCUT2D eigenvalue weighted by Crippen LogP contribution is -2.63. The minimum atomic E-state index is 0.266. The van der Waals surface area contributed by atoms with Crippen LogP contribution in [0.3, 0.4) is 0 Å². The molecule has 1 nitrogen and oxygen atoms in total. The molecule has 2 saturated heterocycles. The number of ether oxygens (including phenoxy) is 1. The maximum atomic E-state index is 6.01. The van der Waals surface area contributed by atoms with Crippen LogP contribution in [0.15, 0.2) is 0 Å². The molecule has 0 amide bonds. The molecule has 0 radical (unpaired) electrons. The van der Waals surface area contributed by atoms with Crippen LogP contribution in [0.25, 0.3) is 0 Å². The fourth-order valence-electron chi connectivity index (χ4n) is 2.77. The van der Waals surface area contributed by atoms with Crippen LogP contribution in [0.2, 0.25) is 0 Å². The van der Waals surface area contributed by atoms with E-state index in [0.29, 0.717) is 5.92 Å². The zero-order valence-electron chi connectivity index (χ0n) is 7.81. The Morgan fingerprint density at radius 2 is 1.91 bits per heavy atom. The van der Waals surface area contributed by atoms with Crippen LogP contribution in [-0.4, -0.2) is 11.2 Å². The summed E-state index contributed by atoms with van der Waals surface area (Å²) in [6.07, 6.45) is 5.24. The summed E-state index contributed by atoms with van der Waals surface area (Å²) < 4.78 is 6.01. The average Bonchev–Trinajstić information content (AvgIpc) is 1.85. The average molecular weight is 154 g/mol. The van der Waals surface area contributed by atoms with Crippen molar-refractivity contribution in [3.63, 3.8) is 0 Å². The van der Waals surface area contributed by atoms with Crippen LogP contribution in [0.5, 0.6) is 0 Å². The van der Waals surface area contributed by atoms with Gasteiger partial charge >= 0.3 is 0 Å². The van der Waals surface area contributed by atoms with Crippen molar-refractivity contribution < 1.29 is 4.74 Å². The Morgan fingerprint density at radius 3 is 2.27 bits per heavy atom. The first-order valence-electron chi connectivity index (χ1n) is 4.77. The van der Waals surface area contributed by atoms with Gasteiger partial charge in [0, 0.05) is 6.42 Å². The van der Waals surface area contributed by atoms with Gasteiger partial charge in [-0.25, -0.2) is 0 Å². The molecule has 1 aliphatic carbocycles. The number of fused-ring (bicyclic) bond motifs is 2. The second-order valence-corrected chi connectivity index (χ2v) is 4.80. The summed E-state index contributed by atoms with van der Waals surface area (Å²) in [6, 6.07) is 0. The van der Waals surface area contributed by atoms with Gasteiger partial charge in [-0.3, -0.25) is 0 Å². The normalized spacial score (nSPS) is 49.1. The highest BCUT2D eigenvalue weighted by Gasteiger charge is 2.57. The van der Waals surface area contributed by atoms with Crippen LogP contribution in [0.4, 0.5) is 0 Å². The largest absolute Gasteiger partial charge is 0.368 e. The molecule has 3 rings (SSSR count). The van der Waals surface area contributed by atoms with E-state index in [1.165, 1.54) is 25.7 Å². The number of hydrogen-bond donors (Lipinski definition) is 0. The Morgan fingerprint density at radius 1 is 1.27 bits per heavy atom. The van der Waals surface area contributed by atoms with Gasteiger partial charge in [-0.15, -0.1) is 0 Å². The summed E-state index contributed by atoms with van der Waals surface area (Å²) >= 11 is 0. The highest BCUT2D eigenvalue weighted by Crippen LogP contribution is 2.55. The molecule has 64 valence electrons. The van der Waals surface area contributed by atoms with Crippen molar-refractivity contribution in [2.45, 2.75) is 57.7 Å². The van der Waals surface area contributed by atoms with Crippen LogP contribution >= 0.6 is 0 Å². The van der Waals surface area contributed by atoms with Gasteiger partial charge < -0.3 is 4.74 Å². The molecule has 3 fully saturated rings. The molecule has 3 aliphatic rings. The fraction of sp³-hybridized carbons (Fsp3) is 1.00. The third-order valence-electron chi connectivity index (χ3n) is 3.48. The van der Waals surface area contributed by atoms with Crippen molar-refractivity contribution in [2.24, 2.45) is 5.92 Å². The third kappa shape index (κ3) is 0.936. The van der Waals surface area contributed by atoms with E-state index in [4.69, 9.17) is 4.74 Å². The van der Waals surface area contributed by atoms with Crippen molar-refractivity contribution >= 4 is 0 Å². The molecule has 2 atom stereocenters. The summed E-state index contributed by atoms with van der Waals surface area (Å²) in [7, 11) is 0. The van der Waals surface area contributed by atoms with Crippen molar-refractivity contribution in [1.82, 2.24) is 0 Å². The van der Waals surface area contributed by atoms with Crippen LogP contribution in [0, 0.1) is 5.92 Å². The highest BCUT2D eigenvalue weighted by molar-refractivity contribution is 5.06. The van der Waals surface area contributed by atoms with E-state index in [1.54, 1.807) is 0 Å². The lowest BCUT2D eigenvalue weighted by Gasteiger charge is -2.61. The van der Waals surface area contributed by atoms with E-state index in [0.717, 1.165) is 0 Å². The van der Waals surface area contributed by atoms with E-state index in [9.17, 15) is 0 Å². The molecule has 0 spiro atoms. The van der Waals surface area contributed by atoms with Crippen LogP contribution in [0.1, 0.15) is 46.5 Å². The van der Waals surface area contributed by atoms with E-state index in [-0.39, 0.29) is 11.2 Å². The first-order chi connectivity index (χ1) is 5.06. The van der Waals surface area contributed by atoms with E-state index >= 15 is 0 Å². The zero-order valence-corrected chi connectivity index (χ0v) is 7.81. The molecule has 0 aromatic carbocycles. The Balaban J connectivity index is 2.10. The predicted octanol–water partition coefficient (Wildman–Crippen LogP) is 2.74. The zero-order chi connectivity index (χ0) is 8.11. The lowest BCUT2D eigenvalue weighted by atomic mass is 9.65. The summed E-state index contributed by atoms with van der Waals surface area (Å²) in [5.41, 5.74) is 0.551. The number of rotatable bonds is 1. The quantitative estimate of drug-likeness (QED) is 0.564. The molecule has 0 aromatic rings. The van der Waals surface area contributed by atoms with Crippen LogP contribution in [-0.2, 0) is 4.74 Å². The van der Waals surface area contributed by atoms with Gasteiger partial charge in [-0.05, 0) is 32.1 Å². The van der Waals surface area contributed by atoms with E-state index in [1.807, 2.05) is 0 Å². The molecular formula is C10H18O. The maximum absolute atomic E-state index is 6.01. The Labute approximate surface area is 69.1 Å². The first-order valence-corrected chi connectivity index (χ1v) is 4.77.